The molecule has 1 heterocycles. The lowest BCUT2D eigenvalue weighted by Crippen LogP contribution is -2.49. The van der Waals surface area contributed by atoms with Crippen molar-refractivity contribution in [2.75, 3.05) is 12.3 Å². The van der Waals surface area contributed by atoms with Gasteiger partial charge in [0.2, 0.25) is 11.8 Å². The first-order valence-electron chi connectivity index (χ1n) is 7.37. The SMILES string of the molecule is CCCCNC(=O)C1CSC(CC)N1C(=O)C=C(C)C. The van der Waals surface area contributed by atoms with Crippen LogP contribution in [-0.2, 0) is 9.59 Å². The van der Waals surface area contributed by atoms with E-state index in [1.54, 1.807) is 22.7 Å². The third-order valence-electron chi connectivity index (χ3n) is 3.24. The molecule has 0 spiro atoms. The average molecular weight is 298 g/mol. The van der Waals surface area contributed by atoms with Crippen LogP contribution in [0.5, 0.6) is 0 Å². The topological polar surface area (TPSA) is 49.4 Å². The highest BCUT2D eigenvalue weighted by Gasteiger charge is 2.39. The van der Waals surface area contributed by atoms with Crippen LogP contribution >= 0.6 is 11.8 Å². The molecule has 2 unspecified atom stereocenters. The third-order valence-corrected chi connectivity index (χ3v) is 4.69. The minimum atomic E-state index is -0.329. The van der Waals surface area contributed by atoms with Gasteiger partial charge < -0.3 is 10.2 Å². The van der Waals surface area contributed by atoms with E-state index in [1.165, 1.54) is 0 Å². The minimum absolute atomic E-state index is 0.0163. The molecular formula is C15H26N2O2S. The van der Waals surface area contributed by atoms with Crippen molar-refractivity contribution in [3.8, 4) is 0 Å². The molecule has 20 heavy (non-hydrogen) atoms. The Morgan fingerprint density at radius 3 is 2.60 bits per heavy atom. The fourth-order valence-corrected chi connectivity index (χ4v) is 3.57. The van der Waals surface area contributed by atoms with Gasteiger partial charge in [-0.25, -0.2) is 0 Å². The molecule has 0 aliphatic carbocycles. The Hall–Kier alpha value is -0.970. The number of hydrogen-bond donors (Lipinski definition) is 1. The highest BCUT2D eigenvalue weighted by atomic mass is 32.2. The van der Waals surface area contributed by atoms with Crippen LogP contribution in [0.4, 0.5) is 0 Å². The molecule has 0 aromatic carbocycles. The highest BCUT2D eigenvalue weighted by Crippen LogP contribution is 2.31. The van der Waals surface area contributed by atoms with Crippen molar-refractivity contribution in [3.63, 3.8) is 0 Å². The van der Waals surface area contributed by atoms with Crippen LogP contribution in [0.15, 0.2) is 11.6 Å². The maximum absolute atomic E-state index is 12.3. The highest BCUT2D eigenvalue weighted by molar-refractivity contribution is 8.00. The summed E-state index contributed by atoms with van der Waals surface area (Å²) in [5, 5.41) is 3.05. The Kier molecular flexibility index (Phi) is 7.13. The van der Waals surface area contributed by atoms with E-state index >= 15 is 0 Å². The van der Waals surface area contributed by atoms with Crippen molar-refractivity contribution in [3.05, 3.63) is 11.6 Å². The quantitative estimate of drug-likeness (QED) is 0.605. The van der Waals surface area contributed by atoms with Crippen LogP contribution in [0.1, 0.15) is 47.0 Å². The van der Waals surface area contributed by atoms with Crippen LogP contribution in [0.3, 0.4) is 0 Å². The molecule has 1 rings (SSSR count). The summed E-state index contributed by atoms with van der Waals surface area (Å²) in [6.45, 7) is 8.64. The molecule has 0 aromatic rings. The number of carbonyl (C=O) groups is 2. The maximum atomic E-state index is 12.3. The van der Waals surface area contributed by atoms with E-state index in [2.05, 4.69) is 19.2 Å². The van der Waals surface area contributed by atoms with Crippen LogP contribution in [0.2, 0.25) is 0 Å². The normalized spacial score (nSPS) is 21.7. The number of unbranched alkanes of at least 4 members (excludes halogenated alkanes) is 1. The summed E-state index contributed by atoms with van der Waals surface area (Å²) in [4.78, 5) is 26.3. The average Bonchev–Trinajstić information content (AvgIpc) is 2.81. The first-order valence-corrected chi connectivity index (χ1v) is 8.42. The molecule has 1 aliphatic heterocycles. The number of nitrogens with zero attached hydrogens (tertiary/aromatic N) is 1. The molecule has 0 aromatic heterocycles. The molecule has 1 saturated heterocycles. The van der Waals surface area contributed by atoms with E-state index in [-0.39, 0.29) is 23.2 Å². The predicted octanol–water partition coefficient (Wildman–Crippen LogP) is 2.55. The van der Waals surface area contributed by atoms with Gasteiger partial charge in [0, 0.05) is 18.4 Å². The first-order chi connectivity index (χ1) is 9.51. The molecule has 114 valence electrons. The Bertz CT molecular complexity index is 378. The molecule has 0 saturated carbocycles. The summed E-state index contributed by atoms with van der Waals surface area (Å²) in [7, 11) is 0. The molecule has 5 heteroatoms. The summed E-state index contributed by atoms with van der Waals surface area (Å²) < 4.78 is 0. The number of hydrogen-bond acceptors (Lipinski definition) is 3. The lowest BCUT2D eigenvalue weighted by atomic mass is 10.2. The smallest absolute Gasteiger partial charge is 0.248 e. The molecule has 2 amide bonds. The monoisotopic (exact) mass is 298 g/mol. The zero-order chi connectivity index (χ0) is 15.1. The predicted molar refractivity (Wildman–Crippen MR) is 84.5 cm³/mol. The molecule has 1 N–H and O–H groups in total. The second-order valence-electron chi connectivity index (χ2n) is 5.32. The van der Waals surface area contributed by atoms with Crippen molar-refractivity contribution in [2.24, 2.45) is 0 Å². The molecule has 4 nitrogen and oxygen atoms in total. The van der Waals surface area contributed by atoms with Gasteiger partial charge in [0.15, 0.2) is 0 Å². The van der Waals surface area contributed by atoms with E-state index < -0.39 is 0 Å². The molecule has 1 fully saturated rings. The van der Waals surface area contributed by atoms with E-state index in [4.69, 9.17) is 0 Å². The van der Waals surface area contributed by atoms with Crippen molar-refractivity contribution < 1.29 is 9.59 Å². The second-order valence-corrected chi connectivity index (χ2v) is 6.53. The van der Waals surface area contributed by atoms with Crippen LogP contribution in [-0.4, -0.2) is 40.4 Å². The van der Waals surface area contributed by atoms with Gasteiger partial charge in [0.25, 0.3) is 0 Å². The maximum Gasteiger partial charge on any atom is 0.248 e. The van der Waals surface area contributed by atoms with Gasteiger partial charge in [0.05, 0.1) is 5.37 Å². The van der Waals surface area contributed by atoms with Gasteiger partial charge in [0.1, 0.15) is 6.04 Å². The van der Waals surface area contributed by atoms with Crippen molar-refractivity contribution >= 4 is 23.6 Å². The summed E-state index contributed by atoms with van der Waals surface area (Å²) in [5.41, 5.74) is 0.965. The number of nitrogens with one attached hydrogen (secondary N) is 1. The fraction of sp³-hybridized carbons (Fsp3) is 0.733. The van der Waals surface area contributed by atoms with E-state index in [0.717, 1.165) is 24.8 Å². The Labute approximate surface area is 126 Å². The second kappa shape index (κ2) is 8.35. The molecule has 1 aliphatic rings. The van der Waals surface area contributed by atoms with Crippen LogP contribution in [0.25, 0.3) is 0 Å². The summed E-state index contributed by atoms with van der Waals surface area (Å²) >= 11 is 1.70. The van der Waals surface area contributed by atoms with E-state index in [0.29, 0.717) is 12.3 Å². The van der Waals surface area contributed by atoms with Gasteiger partial charge in [-0.15, -0.1) is 11.8 Å². The van der Waals surface area contributed by atoms with E-state index in [1.807, 2.05) is 13.8 Å². The van der Waals surface area contributed by atoms with Gasteiger partial charge in [-0.2, -0.15) is 0 Å². The van der Waals surface area contributed by atoms with Gasteiger partial charge >= 0.3 is 0 Å². The summed E-state index contributed by atoms with van der Waals surface area (Å²) in [5.74, 6) is 0.633. The minimum Gasteiger partial charge on any atom is -0.354 e. The summed E-state index contributed by atoms with van der Waals surface area (Å²) in [6, 6.07) is -0.329. The third kappa shape index (κ3) is 4.54. The van der Waals surface area contributed by atoms with Crippen molar-refractivity contribution in [1.29, 1.82) is 0 Å². The number of allylic oxidation sites excluding steroid dienone is 1. The Balaban J connectivity index is 2.75. The lowest BCUT2D eigenvalue weighted by Gasteiger charge is -2.27. The van der Waals surface area contributed by atoms with E-state index in [9.17, 15) is 9.59 Å². The van der Waals surface area contributed by atoms with Crippen molar-refractivity contribution in [2.45, 2.75) is 58.4 Å². The van der Waals surface area contributed by atoms with Gasteiger partial charge in [-0.05, 0) is 26.7 Å². The zero-order valence-corrected chi connectivity index (χ0v) is 13.8. The number of amides is 2. The fourth-order valence-electron chi connectivity index (χ4n) is 2.20. The summed E-state index contributed by atoms with van der Waals surface area (Å²) in [6.07, 6.45) is 4.52. The standard InChI is InChI=1S/C15H26N2O2S/c1-5-7-8-16-15(19)12-10-20-14(6-2)17(12)13(18)9-11(3)4/h9,12,14H,5-8,10H2,1-4H3,(H,16,19). The molecule has 2 atom stereocenters. The number of rotatable bonds is 6. The van der Waals surface area contributed by atoms with Crippen LogP contribution < -0.4 is 5.32 Å². The molecule has 0 radical (unpaired) electrons. The molecule has 0 bridgehead atoms. The zero-order valence-electron chi connectivity index (χ0n) is 12.9. The number of carbonyl (C=O) groups excluding carboxylic acids is 2. The van der Waals surface area contributed by atoms with Gasteiger partial charge in [-0.1, -0.05) is 25.8 Å². The Morgan fingerprint density at radius 2 is 2.05 bits per heavy atom. The lowest BCUT2D eigenvalue weighted by molar-refractivity contribution is -0.136. The van der Waals surface area contributed by atoms with Crippen molar-refractivity contribution in [1.82, 2.24) is 10.2 Å². The number of thioether (sulfide) groups is 1. The largest absolute Gasteiger partial charge is 0.354 e. The Morgan fingerprint density at radius 1 is 1.35 bits per heavy atom. The van der Waals surface area contributed by atoms with Gasteiger partial charge in [-0.3, -0.25) is 9.59 Å². The first kappa shape index (κ1) is 17.1. The van der Waals surface area contributed by atoms with Crippen LogP contribution in [0, 0.1) is 0 Å². The molecular weight excluding hydrogens is 272 g/mol.